The van der Waals surface area contributed by atoms with Crippen molar-refractivity contribution in [2.75, 3.05) is 0 Å². The van der Waals surface area contributed by atoms with Crippen LogP contribution in [0.2, 0.25) is 0 Å². The molecular formula is C21H15N3O2. The van der Waals surface area contributed by atoms with Gasteiger partial charge in [-0.3, -0.25) is 14.9 Å². The Balaban J connectivity index is 1.68. The molecule has 0 unspecified atom stereocenters. The van der Waals surface area contributed by atoms with Gasteiger partial charge >= 0.3 is 0 Å². The summed E-state index contributed by atoms with van der Waals surface area (Å²) in [7, 11) is 0. The summed E-state index contributed by atoms with van der Waals surface area (Å²) in [5.74, 6) is -0.681. The number of nitrogens with one attached hydrogen (secondary N) is 2. The predicted octanol–water partition coefficient (Wildman–Crippen LogP) is 3.23. The molecule has 5 rings (SSSR count). The van der Waals surface area contributed by atoms with E-state index in [0.717, 1.165) is 27.4 Å². The second kappa shape index (κ2) is 5.46. The number of carbonyl (C=O) groups excluding carboxylic acids is 2. The van der Waals surface area contributed by atoms with Crippen LogP contribution in [0, 0.1) is 0 Å². The van der Waals surface area contributed by atoms with Crippen molar-refractivity contribution in [1.82, 2.24) is 14.9 Å². The van der Waals surface area contributed by atoms with Crippen LogP contribution in [-0.4, -0.2) is 21.4 Å². The molecule has 0 atom stereocenters. The molecule has 0 spiro atoms. The van der Waals surface area contributed by atoms with Crippen LogP contribution in [0.1, 0.15) is 5.56 Å². The second-order valence-electron chi connectivity index (χ2n) is 6.39. The number of carbonyl (C=O) groups is 2. The molecule has 2 amide bonds. The fourth-order valence-corrected chi connectivity index (χ4v) is 3.65. The van der Waals surface area contributed by atoms with E-state index in [1.807, 2.05) is 67.0 Å². The van der Waals surface area contributed by atoms with Crippen molar-refractivity contribution in [1.29, 1.82) is 0 Å². The Labute approximate surface area is 148 Å². The summed E-state index contributed by atoms with van der Waals surface area (Å²) in [6.07, 6.45) is 4.13. The maximum atomic E-state index is 12.5. The second-order valence-corrected chi connectivity index (χ2v) is 6.39. The number of H-pyrrole nitrogens is 1. The van der Waals surface area contributed by atoms with Gasteiger partial charge in [0.25, 0.3) is 11.8 Å². The highest BCUT2D eigenvalue weighted by Gasteiger charge is 2.32. The minimum atomic E-state index is -0.355. The van der Waals surface area contributed by atoms with E-state index in [9.17, 15) is 9.59 Å². The van der Waals surface area contributed by atoms with Gasteiger partial charge in [0.2, 0.25) is 0 Å². The minimum absolute atomic E-state index is 0.326. The van der Waals surface area contributed by atoms with Crippen molar-refractivity contribution in [3.63, 3.8) is 0 Å². The van der Waals surface area contributed by atoms with Crippen molar-refractivity contribution in [3.05, 3.63) is 78.1 Å². The van der Waals surface area contributed by atoms with Crippen LogP contribution in [0.5, 0.6) is 0 Å². The lowest BCUT2D eigenvalue weighted by molar-refractivity contribution is -0.123. The molecule has 5 nitrogen and oxygen atoms in total. The molecule has 4 aromatic rings. The molecule has 2 N–H and O–H groups in total. The summed E-state index contributed by atoms with van der Waals surface area (Å²) in [5.41, 5.74) is 3.81. The molecular weight excluding hydrogens is 326 g/mol. The molecule has 0 saturated carbocycles. The van der Waals surface area contributed by atoms with Crippen LogP contribution in [0.15, 0.2) is 72.6 Å². The first-order valence-electron chi connectivity index (χ1n) is 8.42. The number of imide groups is 1. The normalized spacial score (nSPS) is 14.6. The maximum absolute atomic E-state index is 12.5. The average Bonchev–Trinajstić information content (AvgIpc) is 3.32. The fraction of sp³-hybridized carbons (Fsp3) is 0.0476. The molecule has 2 aromatic heterocycles. The van der Waals surface area contributed by atoms with Gasteiger partial charge in [0.1, 0.15) is 5.70 Å². The number of amides is 2. The van der Waals surface area contributed by atoms with Gasteiger partial charge in [0.05, 0.1) is 11.1 Å². The number of rotatable bonds is 3. The Morgan fingerprint density at radius 2 is 1.69 bits per heavy atom. The van der Waals surface area contributed by atoms with E-state index in [2.05, 4.69) is 10.3 Å². The molecule has 26 heavy (non-hydrogen) atoms. The van der Waals surface area contributed by atoms with Crippen LogP contribution in [0.25, 0.3) is 27.5 Å². The van der Waals surface area contributed by atoms with Gasteiger partial charge in [-0.15, -0.1) is 0 Å². The monoisotopic (exact) mass is 341 g/mol. The molecule has 1 aliphatic rings. The summed E-state index contributed by atoms with van der Waals surface area (Å²) in [4.78, 5) is 28.2. The fourth-order valence-electron chi connectivity index (χ4n) is 3.65. The standard InChI is InChI=1S/C21H15N3O2/c25-20-16(11-14-12-22-17-7-3-2-6-15(14)17)19(21(26)23-20)24-10-9-13-5-1-4-8-18(13)24/h1-10,12,22H,11H2,(H,23,25,26). The first-order valence-corrected chi connectivity index (χ1v) is 8.42. The van der Waals surface area contributed by atoms with Gasteiger partial charge in [0, 0.05) is 29.7 Å². The number of para-hydroxylation sites is 2. The lowest BCUT2D eigenvalue weighted by Crippen LogP contribution is -2.24. The van der Waals surface area contributed by atoms with E-state index in [4.69, 9.17) is 0 Å². The quantitative estimate of drug-likeness (QED) is 0.562. The summed E-state index contributed by atoms with van der Waals surface area (Å²) in [6, 6.07) is 17.7. The highest BCUT2D eigenvalue weighted by molar-refractivity contribution is 6.33. The Bertz CT molecular complexity index is 1230. The number of hydrogen-bond donors (Lipinski definition) is 2. The number of aromatic amines is 1. The van der Waals surface area contributed by atoms with Crippen molar-refractivity contribution in [2.45, 2.75) is 6.42 Å². The van der Waals surface area contributed by atoms with E-state index in [-0.39, 0.29) is 11.8 Å². The Morgan fingerprint density at radius 1 is 0.885 bits per heavy atom. The Hall–Kier alpha value is -3.60. The van der Waals surface area contributed by atoms with Crippen LogP contribution in [0.4, 0.5) is 0 Å². The van der Waals surface area contributed by atoms with Crippen molar-refractivity contribution >= 4 is 39.3 Å². The first kappa shape index (κ1) is 14.7. The lowest BCUT2D eigenvalue weighted by atomic mass is 10.0. The summed E-state index contributed by atoms with van der Waals surface area (Å²) in [5, 5.41) is 4.53. The van der Waals surface area contributed by atoms with Gasteiger partial charge in [-0.25, -0.2) is 0 Å². The zero-order valence-corrected chi connectivity index (χ0v) is 13.8. The third kappa shape index (κ3) is 2.10. The molecule has 3 heterocycles. The third-order valence-electron chi connectivity index (χ3n) is 4.88. The Kier molecular flexibility index (Phi) is 3.09. The number of hydrogen-bond acceptors (Lipinski definition) is 2. The predicted molar refractivity (Wildman–Crippen MR) is 100 cm³/mol. The van der Waals surface area contributed by atoms with E-state index in [1.165, 1.54) is 0 Å². The smallest absolute Gasteiger partial charge is 0.275 e. The first-order chi connectivity index (χ1) is 12.7. The van der Waals surface area contributed by atoms with Crippen molar-refractivity contribution in [3.8, 4) is 0 Å². The number of fused-ring (bicyclic) bond motifs is 2. The molecule has 5 heteroatoms. The van der Waals surface area contributed by atoms with Crippen molar-refractivity contribution < 1.29 is 9.59 Å². The average molecular weight is 341 g/mol. The summed E-state index contributed by atoms with van der Waals surface area (Å²) >= 11 is 0. The van der Waals surface area contributed by atoms with Crippen LogP contribution in [0.3, 0.4) is 0 Å². The van der Waals surface area contributed by atoms with Crippen LogP contribution < -0.4 is 5.32 Å². The minimum Gasteiger partial charge on any atom is -0.361 e. The number of benzene rings is 2. The molecule has 0 aliphatic carbocycles. The van der Waals surface area contributed by atoms with E-state index in [1.54, 1.807) is 4.57 Å². The topological polar surface area (TPSA) is 66.9 Å². The van der Waals surface area contributed by atoms with Gasteiger partial charge in [-0.2, -0.15) is 0 Å². The molecule has 0 fully saturated rings. The molecule has 2 aromatic carbocycles. The SMILES string of the molecule is O=C1NC(=O)C(n2ccc3ccccc32)=C1Cc1c[nH]c2ccccc12. The zero-order valence-electron chi connectivity index (χ0n) is 13.8. The molecule has 0 bridgehead atoms. The van der Waals surface area contributed by atoms with Gasteiger partial charge in [-0.1, -0.05) is 36.4 Å². The van der Waals surface area contributed by atoms with Crippen molar-refractivity contribution in [2.24, 2.45) is 0 Å². The Morgan fingerprint density at radius 3 is 2.62 bits per heavy atom. The zero-order chi connectivity index (χ0) is 17.7. The molecule has 0 radical (unpaired) electrons. The van der Waals surface area contributed by atoms with E-state index in [0.29, 0.717) is 17.7 Å². The van der Waals surface area contributed by atoms with E-state index < -0.39 is 0 Å². The molecule has 1 aliphatic heterocycles. The molecule has 0 saturated heterocycles. The number of nitrogens with zero attached hydrogens (tertiary/aromatic N) is 1. The van der Waals surface area contributed by atoms with Crippen LogP contribution in [-0.2, 0) is 16.0 Å². The van der Waals surface area contributed by atoms with Gasteiger partial charge < -0.3 is 9.55 Å². The highest BCUT2D eigenvalue weighted by atomic mass is 16.2. The molecule has 126 valence electrons. The largest absolute Gasteiger partial charge is 0.361 e. The lowest BCUT2D eigenvalue weighted by Gasteiger charge is -2.07. The number of aromatic nitrogens is 2. The van der Waals surface area contributed by atoms with Crippen LogP contribution >= 0.6 is 0 Å². The maximum Gasteiger partial charge on any atom is 0.275 e. The highest BCUT2D eigenvalue weighted by Crippen LogP contribution is 2.28. The summed E-state index contributed by atoms with van der Waals surface area (Å²) in [6.45, 7) is 0. The van der Waals surface area contributed by atoms with Gasteiger partial charge in [-0.05, 0) is 29.1 Å². The van der Waals surface area contributed by atoms with E-state index >= 15 is 0 Å². The third-order valence-corrected chi connectivity index (χ3v) is 4.88. The van der Waals surface area contributed by atoms with Gasteiger partial charge in [0.15, 0.2) is 0 Å². The summed E-state index contributed by atoms with van der Waals surface area (Å²) < 4.78 is 1.81.